The molecule has 0 aliphatic rings. The van der Waals surface area contributed by atoms with Crippen molar-refractivity contribution in [3.63, 3.8) is 0 Å². The van der Waals surface area contributed by atoms with Crippen molar-refractivity contribution in [2.24, 2.45) is 0 Å². The van der Waals surface area contributed by atoms with E-state index in [0.29, 0.717) is 19.6 Å². The van der Waals surface area contributed by atoms with E-state index in [2.05, 4.69) is 23.4 Å². The van der Waals surface area contributed by atoms with E-state index in [0.717, 1.165) is 23.4 Å². The molecule has 0 atom stereocenters. The Labute approximate surface area is 171 Å². The largest absolute Gasteiger partial charge is 0.345 e. The molecule has 150 valence electrons. The number of carbonyl (C=O) groups is 1. The van der Waals surface area contributed by atoms with Crippen molar-refractivity contribution in [3.05, 3.63) is 102 Å². The number of amides is 2. The van der Waals surface area contributed by atoms with Crippen molar-refractivity contribution in [2.45, 2.75) is 26.4 Å². The first-order valence-electron chi connectivity index (χ1n) is 9.73. The van der Waals surface area contributed by atoms with Crippen LogP contribution in [0.15, 0.2) is 79.5 Å². The number of hydrogen-bond donors (Lipinski definition) is 1. The number of aromatic nitrogens is 1. The number of nitrogens with one attached hydrogen (secondary N) is 1. The van der Waals surface area contributed by atoms with Crippen molar-refractivity contribution in [1.29, 1.82) is 0 Å². The number of anilines is 1. The molecule has 0 radical (unpaired) electrons. The molecule has 5 heteroatoms. The molecule has 1 aromatic heterocycles. The number of urea groups is 1. The minimum absolute atomic E-state index is 0.177. The summed E-state index contributed by atoms with van der Waals surface area (Å²) < 4.78 is 15.2. The van der Waals surface area contributed by atoms with E-state index < -0.39 is 0 Å². The van der Waals surface area contributed by atoms with Gasteiger partial charge in [-0.15, -0.1) is 6.58 Å². The molecule has 2 aromatic carbocycles. The van der Waals surface area contributed by atoms with E-state index in [9.17, 15) is 9.18 Å². The fourth-order valence-electron chi connectivity index (χ4n) is 3.13. The van der Waals surface area contributed by atoms with Crippen LogP contribution in [0.4, 0.5) is 14.9 Å². The molecule has 1 N–H and O–H groups in total. The smallest absolute Gasteiger partial charge is 0.322 e. The van der Waals surface area contributed by atoms with Crippen LogP contribution < -0.4 is 5.32 Å². The predicted molar refractivity (Wildman–Crippen MR) is 115 cm³/mol. The lowest BCUT2D eigenvalue weighted by Crippen LogP contribution is -2.35. The Bertz CT molecular complexity index is 945. The Morgan fingerprint density at radius 2 is 1.79 bits per heavy atom. The molecule has 29 heavy (non-hydrogen) atoms. The zero-order valence-corrected chi connectivity index (χ0v) is 16.6. The fourth-order valence-corrected chi connectivity index (χ4v) is 3.13. The summed E-state index contributed by atoms with van der Waals surface area (Å²) in [7, 11) is 0. The van der Waals surface area contributed by atoms with Gasteiger partial charge in [0, 0.05) is 30.7 Å². The Morgan fingerprint density at radius 1 is 1.10 bits per heavy atom. The summed E-state index contributed by atoms with van der Waals surface area (Å²) in [5.41, 5.74) is 3.99. The lowest BCUT2D eigenvalue weighted by Gasteiger charge is -2.23. The maximum atomic E-state index is 13.1. The lowest BCUT2D eigenvalue weighted by molar-refractivity contribution is 0.214. The third-order valence-electron chi connectivity index (χ3n) is 4.79. The molecule has 0 fully saturated rings. The van der Waals surface area contributed by atoms with E-state index in [1.807, 2.05) is 42.6 Å². The SMILES string of the molecule is C=CCN(Cc1cccn1Cc1ccc(F)cc1)C(=O)Nc1ccc(CC)cc1. The van der Waals surface area contributed by atoms with Crippen LogP contribution >= 0.6 is 0 Å². The van der Waals surface area contributed by atoms with E-state index >= 15 is 0 Å². The van der Waals surface area contributed by atoms with Crippen LogP contribution in [0, 0.1) is 5.82 Å². The molecule has 0 aliphatic heterocycles. The number of halogens is 1. The lowest BCUT2D eigenvalue weighted by atomic mass is 10.1. The number of nitrogens with zero attached hydrogens (tertiary/aromatic N) is 2. The topological polar surface area (TPSA) is 37.3 Å². The molecule has 0 bridgehead atoms. The van der Waals surface area contributed by atoms with Crippen LogP contribution in [0.5, 0.6) is 0 Å². The van der Waals surface area contributed by atoms with Gasteiger partial charge in [0.25, 0.3) is 0 Å². The van der Waals surface area contributed by atoms with Gasteiger partial charge in [0.05, 0.1) is 6.54 Å². The zero-order valence-electron chi connectivity index (χ0n) is 16.6. The molecule has 0 aliphatic carbocycles. The van der Waals surface area contributed by atoms with Gasteiger partial charge in [0.15, 0.2) is 0 Å². The highest BCUT2D eigenvalue weighted by atomic mass is 19.1. The molecule has 2 amide bonds. The number of benzene rings is 2. The average Bonchev–Trinajstić information content (AvgIpc) is 3.16. The molecule has 3 aromatic rings. The van der Waals surface area contributed by atoms with Gasteiger partial charge < -0.3 is 14.8 Å². The van der Waals surface area contributed by atoms with Crippen LogP contribution in [0.25, 0.3) is 0 Å². The summed E-state index contributed by atoms with van der Waals surface area (Å²) in [6.45, 7) is 7.36. The van der Waals surface area contributed by atoms with Crippen molar-refractivity contribution in [1.82, 2.24) is 9.47 Å². The quantitative estimate of drug-likeness (QED) is 0.509. The van der Waals surface area contributed by atoms with Crippen LogP contribution in [0.1, 0.15) is 23.7 Å². The molecule has 0 spiro atoms. The van der Waals surface area contributed by atoms with E-state index in [1.54, 1.807) is 23.1 Å². The summed E-state index contributed by atoms with van der Waals surface area (Å²) >= 11 is 0. The molecule has 4 nitrogen and oxygen atoms in total. The van der Waals surface area contributed by atoms with Crippen LogP contribution in [0.2, 0.25) is 0 Å². The molecule has 3 rings (SSSR count). The molecular formula is C24H26FN3O. The maximum absolute atomic E-state index is 13.1. The predicted octanol–water partition coefficient (Wildman–Crippen LogP) is 5.46. The zero-order chi connectivity index (χ0) is 20.6. The van der Waals surface area contributed by atoms with Crippen molar-refractivity contribution in [3.8, 4) is 0 Å². The average molecular weight is 391 g/mol. The first-order chi connectivity index (χ1) is 14.1. The van der Waals surface area contributed by atoms with E-state index in [1.165, 1.54) is 17.7 Å². The summed E-state index contributed by atoms with van der Waals surface area (Å²) in [4.78, 5) is 14.5. The monoisotopic (exact) mass is 391 g/mol. The minimum Gasteiger partial charge on any atom is -0.345 e. The summed E-state index contributed by atoms with van der Waals surface area (Å²) in [5.74, 6) is -0.248. The molecule has 0 saturated carbocycles. The highest BCUT2D eigenvalue weighted by Gasteiger charge is 2.15. The standard InChI is InChI=1S/C24H26FN3O/c1-3-15-28(24(29)26-22-13-9-19(4-2)10-14-22)18-23-6-5-16-27(23)17-20-7-11-21(25)12-8-20/h3,5-14,16H,1,4,15,17-18H2,2H3,(H,26,29). The second kappa shape index (κ2) is 9.73. The fraction of sp³-hybridized carbons (Fsp3) is 0.208. The van der Waals surface area contributed by atoms with E-state index in [4.69, 9.17) is 0 Å². The summed E-state index contributed by atoms with van der Waals surface area (Å²) in [6.07, 6.45) is 4.64. The van der Waals surface area contributed by atoms with Gasteiger partial charge in [-0.05, 0) is 53.9 Å². The third kappa shape index (κ3) is 5.57. The number of hydrogen-bond acceptors (Lipinski definition) is 1. The first-order valence-corrected chi connectivity index (χ1v) is 9.73. The van der Waals surface area contributed by atoms with Gasteiger partial charge in [-0.1, -0.05) is 37.3 Å². The number of carbonyl (C=O) groups excluding carboxylic acids is 1. The number of aryl methyl sites for hydroxylation is 1. The first kappa shape index (κ1) is 20.4. The maximum Gasteiger partial charge on any atom is 0.322 e. The number of rotatable bonds is 8. The molecule has 0 unspecified atom stereocenters. The summed E-state index contributed by atoms with van der Waals surface area (Å²) in [6, 6.07) is 18.1. The van der Waals surface area contributed by atoms with Crippen molar-refractivity contribution < 1.29 is 9.18 Å². The Balaban J connectivity index is 1.69. The molecule has 1 heterocycles. The Hall–Kier alpha value is -3.34. The normalized spacial score (nSPS) is 10.6. The van der Waals surface area contributed by atoms with Gasteiger partial charge in [-0.3, -0.25) is 0 Å². The van der Waals surface area contributed by atoms with Crippen molar-refractivity contribution in [2.75, 3.05) is 11.9 Å². The van der Waals surface area contributed by atoms with Gasteiger partial charge in [0.1, 0.15) is 5.82 Å². The van der Waals surface area contributed by atoms with Gasteiger partial charge >= 0.3 is 6.03 Å². The van der Waals surface area contributed by atoms with Gasteiger partial charge in [-0.2, -0.15) is 0 Å². The molecular weight excluding hydrogens is 365 g/mol. The Morgan fingerprint density at radius 3 is 2.45 bits per heavy atom. The third-order valence-corrected chi connectivity index (χ3v) is 4.79. The summed E-state index contributed by atoms with van der Waals surface area (Å²) in [5, 5.41) is 2.95. The second-order valence-corrected chi connectivity index (χ2v) is 6.90. The Kier molecular flexibility index (Phi) is 6.85. The molecule has 0 saturated heterocycles. The highest BCUT2D eigenvalue weighted by molar-refractivity contribution is 5.89. The van der Waals surface area contributed by atoms with Crippen LogP contribution in [0.3, 0.4) is 0 Å². The van der Waals surface area contributed by atoms with Crippen LogP contribution in [-0.2, 0) is 19.5 Å². The van der Waals surface area contributed by atoms with Gasteiger partial charge in [-0.25, -0.2) is 9.18 Å². The minimum atomic E-state index is -0.248. The van der Waals surface area contributed by atoms with Crippen molar-refractivity contribution >= 4 is 11.7 Å². The van der Waals surface area contributed by atoms with Crippen LogP contribution in [-0.4, -0.2) is 22.0 Å². The van der Waals surface area contributed by atoms with E-state index in [-0.39, 0.29) is 11.8 Å². The van der Waals surface area contributed by atoms with Gasteiger partial charge in [0.2, 0.25) is 0 Å². The highest BCUT2D eigenvalue weighted by Crippen LogP contribution is 2.14. The second-order valence-electron chi connectivity index (χ2n) is 6.90.